The van der Waals surface area contributed by atoms with Gasteiger partial charge in [-0.05, 0) is 30.9 Å². The summed E-state index contributed by atoms with van der Waals surface area (Å²) in [5, 5.41) is 0. The molecule has 4 nitrogen and oxygen atoms in total. The van der Waals surface area contributed by atoms with Crippen LogP contribution >= 0.6 is 0 Å². The van der Waals surface area contributed by atoms with Gasteiger partial charge in [-0.2, -0.15) is 0 Å². The highest BCUT2D eigenvalue weighted by Gasteiger charge is 2.21. The lowest BCUT2D eigenvalue weighted by atomic mass is 10.1. The molecule has 2 rings (SSSR count). The summed E-state index contributed by atoms with van der Waals surface area (Å²) in [5.74, 6) is -0.553. The van der Waals surface area contributed by atoms with Gasteiger partial charge in [0.05, 0.1) is 13.0 Å². The van der Waals surface area contributed by atoms with Gasteiger partial charge in [-0.3, -0.25) is 9.59 Å². The van der Waals surface area contributed by atoms with E-state index in [1.807, 2.05) is 18.2 Å². The van der Waals surface area contributed by atoms with Gasteiger partial charge in [0.2, 0.25) is 5.91 Å². The molecule has 0 aliphatic rings. The van der Waals surface area contributed by atoms with Crippen LogP contribution in [0.4, 0.5) is 0 Å². The molecule has 4 heteroatoms. The summed E-state index contributed by atoms with van der Waals surface area (Å²) in [6.45, 7) is 4.83. The van der Waals surface area contributed by atoms with Crippen molar-refractivity contribution in [3.8, 4) is 0 Å². The summed E-state index contributed by atoms with van der Waals surface area (Å²) in [5.41, 5.74) is 3.54. The summed E-state index contributed by atoms with van der Waals surface area (Å²) < 4.78 is 4.82. The van der Waals surface area contributed by atoms with Crippen molar-refractivity contribution in [1.29, 1.82) is 0 Å². The van der Waals surface area contributed by atoms with E-state index in [0.717, 1.165) is 12.0 Å². The zero-order chi connectivity index (χ0) is 19.6. The Morgan fingerprint density at radius 3 is 2.22 bits per heavy atom. The topological polar surface area (TPSA) is 46.6 Å². The maximum absolute atomic E-state index is 12.8. The van der Waals surface area contributed by atoms with E-state index in [2.05, 4.69) is 43.3 Å². The third-order valence-corrected chi connectivity index (χ3v) is 4.71. The van der Waals surface area contributed by atoms with Crippen molar-refractivity contribution < 1.29 is 14.3 Å². The number of hydrogen-bond donors (Lipinski definition) is 0. The van der Waals surface area contributed by atoms with Crippen LogP contribution in [0.2, 0.25) is 0 Å². The fourth-order valence-electron chi connectivity index (χ4n) is 3.00. The molecule has 0 saturated heterocycles. The second kappa shape index (κ2) is 10.5. The first-order valence-electron chi connectivity index (χ1n) is 9.44. The largest absolute Gasteiger partial charge is 0.469 e. The Morgan fingerprint density at radius 1 is 0.963 bits per heavy atom. The Bertz CT molecular complexity index is 725. The third kappa shape index (κ3) is 6.89. The molecule has 2 aromatic carbocycles. The number of nitrogens with zero attached hydrogens (tertiary/aromatic N) is 1. The van der Waals surface area contributed by atoms with Crippen molar-refractivity contribution >= 4 is 11.9 Å². The minimum Gasteiger partial charge on any atom is -0.469 e. The Labute approximate surface area is 162 Å². The minimum atomic E-state index is -0.339. The van der Waals surface area contributed by atoms with E-state index in [9.17, 15) is 9.59 Å². The summed E-state index contributed by atoms with van der Waals surface area (Å²) in [6.07, 6.45) is 1.91. The van der Waals surface area contributed by atoms with Gasteiger partial charge in [-0.1, -0.05) is 67.1 Å². The zero-order valence-corrected chi connectivity index (χ0v) is 16.5. The average molecular weight is 367 g/mol. The molecule has 2 aromatic rings. The quantitative estimate of drug-likeness (QED) is 0.633. The van der Waals surface area contributed by atoms with Gasteiger partial charge in [-0.25, -0.2) is 0 Å². The molecule has 0 radical (unpaired) electrons. The van der Waals surface area contributed by atoms with Crippen molar-refractivity contribution in [1.82, 2.24) is 4.90 Å². The number of methoxy groups -OCH3 is 1. The van der Waals surface area contributed by atoms with E-state index in [1.54, 1.807) is 11.8 Å². The van der Waals surface area contributed by atoms with Crippen molar-refractivity contribution in [2.75, 3.05) is 20.2 Å². The predicted octanol–water partition coefficient (Wildman–Crippen LogP) is 3.81. The van der Waals surface area contributed by atoms with E-state index < -0.39 is 0 Å². The number of aryl methyl sites for hydroxylation is 2. The molecule has 1 amide bonds. The molecule has 0 spiro atoms. The summed E-state index contributed by atoms with van der Waals surface area (Å²) >= 11 is 0. The number of amides is 1. The Kier molecular flexibility index (Phi) is 8.05. The highest BCUT2D eigenvalue weighted by atomic mass is 16.5. The summed E-state index contributed by atoms with van der Waals surface area (Å²) in [4.78, 5) is 26.4. The smallest absolute Gasteiger partial charge is 0.310 e. The highest BCUT2D eigenvalue weighted by Crippen LogP contribution is 2.11. The lowest BCUT2D eigenvalue weighted by molar-refractivity contribution is -0.146. The van der Waals surface area contributed by atoms with Crippen molar-refractivity contribution in [3.63, 3.8) is 0 Å². The number of ether oxygens (including phenoxy) is 1. The number of carbonyl (C=O) groups excluding carboxylic acids is 2. The molecule has 0 heterocycles. The van der Waals surface area contributed by atoms with Crippen LogP contribution in [0.5, 0.6) is 0 Å². The standard InChI is InChI=1S/C23H29NO3/c1-18-9-11-21(12-10-18)13-14-22(25)24(17-19(2)23(26)27-3)16-15-20-7-5-4-6-8-20/h4-12,19H,13-17H2,1-3H3. The fourth-order valence-corrected chi connectivity index (χ4v) is 3.00. The second-order valence-electron chi connectivity index (χ2n) is 6.99. The first-order valence-corrected chi connectivity index (χ1v) is 9.44. The van der Waals surface area contributed by atoms with Gasteiger partial charge >= 0.3 is 5.97 Å². The SMILES string of the molecule is COC(=O)C(C)CN(CCc1ccccc1)C(=O)CCc1ccc(C)cc1. The van der Waals surface area contributed by atoms with Gasteiger partial charge in [0.25, 0.3) is 0 Å². The molecule has 144 valence electrons. The van der Waals surface area contributed by atoms with Crippen LogP contribution < -0.4 is 0 Å². The maximum Gasteiger partial charge on any atom is 0.310 e. The molecule has 0 N–H and O–H groups in total. The lowest BCUT2D eigenvalue weighted by Crippen LogP contribution is -2.38. The van der Waals surface area contributed by atoms with E-state index in [0.29, 0.717) is 25.9 Å². The van der Waals surface area contributed by atoms with Crippen LogP contribution in [-0.2, 0) is 27.2 Å². The van der Waals surface area contributed by atoms with Crippen LogP contribution in [0.1, 0.15) is 30.0 Å². The summed E-state index contributed by atoms with van der Waals surface area (Å²) in [7, 11) is 1.38. The maximum atomic E-state index is 12.8. The minimum absolute atomic E-state index is 0.0715. The first kappa shape index (κ1) is 20.7. The molecule has 0 fully saturated rings. The van der Waals surface area contributed by atoms with Gasteiger partial charge in [0.15, 0.2) is 0 Å². The molecule has 1 atom stereocenters. The van der Waals surface area contributed by atoms with Gasteiger partial charge in [0.1, 0.15) is 0 Å². The molecule has 0 aromatic heterocycles. The van der Waals surface area contributed by atoms with Crippen LogP contribution in [0.15, 0.2) is 54.6 Å². The molecular formula is C23H29NO3. The van der Waals surface area contributed by atoms with Crippen molar-refractivity contribution in [3.05, 3.63) is 71.3 Å². The normalized spacial score (nSPS) is 11.7. The van der Waals surface area contributed by atoms with Crippen molar-refractivity contribution in [2.45, 2.75) is 33.1 Å². The number of rotatable bonds is 9. The Hall–Kier alpha value is -2.62. The molecule has 0 aliphatic carbocycles. The molecular weight excluding hydrogens is 338 g/mol. The van der Waals surface area contributed by atoms with Gasteiger partial charge < -0.3 is 9.64 Å². The summed E-state index contributed by atoms with van der Waals surface area (Å²) in [6, 6.07) is 18.3. The van der Waals surface area contributed by atoms with Crippen LogP contribution in [0, 0.1) is 12.8 Å². The zero-order valence-electron chi connectivity index (χ0n) is 16.5. The number of carbonyl (C=O) groups is 2. The second-order valence-corrected chi connectivity index (χ2v) is 6.99. The van der Waals surface area contributed by atoms with E-state index in [-0.39, 0.29) is 17.8 Å². The number of esters is 1. The van der Waals surface area contributed by atoms with E-state index in [4.69, 9.17) is 4.74 Å². The molecule has 0 aliphatic heterocycles. The molecule has 0 saturated carbocycles. The van der Waals surface area contributed by atoms with E-state index in [1.165, 1.54) is 18.2 Å². The first-order chi connectivity index (χ1) is 13.0. The Balaban J connectivity index is 1.98. The van der Waals surface area contributed by atoms with Crippen LogP contribution in [0.25, 0.3) is 0 Å². The number of hydrogen-bond acceptors (Lipinski definition) is 3. The lowest BCUT2D eigenvalue weighted by Gasteiger charge is -2.25. The van der Waals surface area contributed by atoms with Crippen molar-refractivity contribution in [2.24, 2.45) is 5.92 Å². The average Bonchev–Trinajstić information content (AvgIpc) is 2.70. The molecule has 1 unspecified atom stereocenters. The van der Waals surface area contributed by atoms with Crippen LogP contribution in [-0.4, -0.2) is 37.0 Å². The van der Waals surface area contributed by atoms with Crippen LogP contribution in [0.3, 0.4) is 0 Å². The van der Waals surface area contributed by atoms with E-state index >= 15 is 0 Å². The van der Waals surface area contributed by atoms with Gasteiger partial charge in [-0.15, -0.1) is 0 Å². The monoisotopic (exact) mass is 367 g/mol. The Morgan fingerprint density at radius 2 is 1.59 bits per heavy atom. The van der Waals surface area contributed by atoms with Gasteiger partial charge in [0, 0.05) is 19.5 Å². The predicted molar refractivity (Wildman–Crippen MR) is 107 cm³/mol. The fraction of sp³-hybridized carbons (Fsp3) is 0.391. The molecule has 27 heavy (non-hydrogen) atoms. The number of benzene rings is 2. The third-order valence-electron chi connectivity index (χ3n) is 4.71. The highest BCUT2D eigenvalue weighted by molar-refractivity contribution is 5.78. The molecule has 0 bridgehead atoms.